The summed E-state index contributed by atoms with van der Waals surface area (Å²) >= 11 is 5.76. The molecule has 1 aromatic carbocycles. The van der Waals surface area contributed by atoms with Crippen molar-refractivity contribution in [2.75, 3.05) is 7.11 Å². The molecule has 0 atom stereocenters. The number of aliphatic carboxylic acids is 1. The van der Waals surface area contributed by atoms with Gasteiger partial charge in [0, 0.05) is 11.4 Å². The predicted molar refractivity (Wildman–Crippen MR) is 61.9 cm³/mol. The smallest absolute Gasteiger partial charge is 0.303 e. The van der Waals surface area contributed by atoms with Crippen molar-refractivity contribution in [3.8, 4) is 0 Å². The average Bonchev–Trinajstić information content (AvgIpc) is 2.25. The van der Waals surface area contributed by atoms with Crippen molar-refractivity contribution >= 4 is 23.3 Å². The van der Waals surface area contributed by atoms with E-state index in [1.165, 1.54) is 7.11 Å². The molecule has 5 heteroatoms. The topological polar surface area (TPSA) is 58.9 Å². The molecular weight excluding hydrogens is 230 g/mol. The molecule has 1 aromatic rings. The third-order valence-electron chi connectivity index (χ3n) is 1.95. The van der Waals surface area contributed by atoms with Gasteiger partial charge in [-0.1, -0.05) is 28.9 Å². The first-order valence-corrected chi connectivity index (χ1v) is 5.09. The van der Waals surface area contributed by atoms with E-state index in [9.17, 15) is 4.79 Å². The minimum atomic E-state index is -0.863. The van der Waals surface area contributed by atoms with Crippen LogP contribution in [0, 0.1) is 0 Å². The first kappa shape index (κ1) is 12.5. The molecule has 0 aliphatic rings. The quantitative estimate of drug-likeness (QED) is 0.637. The van der Waals surface area contributed by atoms with Crippen LogP contribution < -0.4 is 0 Å². The summed E-state index contributed by atoms with van der Waals surface area (Å²) in [6, 6.07) is 7.01. The van der Waals surface area contributed by atoms with Crippen molar-refractivity contribution in [2.24, 2.45) is 5.16 Å². The third-order valence-corrected chi connectivity index (χ3v) is 2.21. The Morgan fingerprint density at radius 2 is 2.00 bits per heavy atom. The van der Waals surface area contributed by atoms with Crippen LogP contribution in [0.25, 0.3) is 0 Å². The second-order valence-corrected chi connectivity index (χ2v) is 3.56. The summed E-state index contributed by atoms with van der Waals surface area (Å²) in [5.41, 5.74) is 1.41. The highest BCUT2D eigenvalue weighted by Gasteiger charge is 2.07. The van der Waals surface area contributed by atoms with Gasteiger partial charge < -0.3 is 9.94 Å². The number of carbonyl (C=O) groups is 1. The molecule has 0 spiro atoms. The number of hydrogen-bond acceptors (Lipinski definition) is 3. The molecule has 0 unspecified atom stereocenters. The largest absolute Gasteiger partial charge is 0.481 e. The van der Waals surface area contributed by atoms with Gasteiger partial charge in [0.1, 0.15) is 7.11 Å². The fourth-order valence-corrected chi connectivity index (χ4v) is 1.35. The highest BCUT2D eigenvalue weighted by molar-refractivity contribution is 6.30. The molecule has 0 fully saturated rings. The first-order chi connectivity index (χ1) is 7.63. The summed E-state index contributed by atoms with van der Waals surface area (Å²) in [5.74, 6) is -0.863. The van der Waals surface area contributed by atoms with Gasteiger partial charge in [0.05, 0.1) is 12.1 Å². The molecule has 1 N–H and O–H groups in total. The van der Waals surface area contributed by atoms with E-state index in [1.807, 2.05) is 0 Å². The Kier molecular flexibility index (Phi) is 4.79. The summed E-state index contributed by atoms with van der Waals surface area (Å²) in [6.45, 7) is 0. The Hall–Kier alpha value is -1.55. The van der Waals surface area contributed by atoms with Gasteiger partial charge in [-0.2, -0.15) is 0 Å². The fraction of sp³-hybridized carbons (Fsp3) is 0.273. The van der Waals surface area contributed by atoms with Gasteiger partial charge in [-0.15, -0.1) is 0 Å². The minimum absolute atomic E-state index is 0.0187. The van der Waals surface area contributed by atoms with E-state index in [-0.39, 0.29) is 6.42 Å². The predicted octanol–water partition coefficient (Wildman–Crippen LogP) is 2.56. The molecule has 0 bridgehead atoms. The molecule has 0 aliphatic carbocycles. The molecule has 16 heavy (non-hydrogen) atoms. The van der Waals surface area contributed by atoms with Crippen molar-refractivity contribution in [3.63, 3.8) is 0 Å². The van der Waals surface area contributed by atoms with E-state index in [1.54, 1.807) is 24.3 Å². The van der Waals surface area contributed by atoms with Crippen LogP contribution in [0.1, 0.15) is 18.4 Å². The SMILES string of the molecule is CO/N=C(/CCC(=O)O)c1ccc(Cl)cc1. The molecule has 86 valence electrons. The highest BCUT2D eigenvalue weighted by Crippen LogP contribution is 2.12. The maximum Gasteiger partial charge on any atom is 0.303 e. The molecule has 0 aliphatic heterocycles. The number of hydrogen-bond donors (Lipinski definition) is 1. The zero-order chi connectivity index (χ0) is 12.0. The standard InChI is InChI=1S/C11H12ClNO3/c1-16-13-10(6-7-11(14)15)8-2-4-9(12)5-3-8/h2-5H,6-7H2,1H3,(H,14,15)/b13-10-. The number of carboxylic acids is 1. The van der Waals surface area contributed by atoms with Crippen LogP contribution in [0.4, 0.5) is 0 Å². The van der Waals surface area contributed by atoms with Crippen molar-refractivity contribution in [1.82, 2.24) is 0 Å². The monoisotopic (exact) mass is 241 g/mol. The minimum Gasteiger partial charge on any atom is -0.481 e. The van der Waals surface area contributed by atoms with E-state index in [4.69, 9.17) is 16.7 Å². The number of halogens is 1. The maximum absolute atomic E-state index is 10.5. The van der Waals surface area contributed by atoms with E-state index in [2.05, 4.69) is 9.99 Å². The zero-order valence-electron chi connectivity index (χ0n) is 8.81. The van der Waals surface area contributed by atoms with Crippen LogP contribution in [0.2, 0.25) is 5.02 Å². The van der Waals surface area contributed by atoms with Gasteiger partial charge in [-0.3, -0.25) is 4.79 Å². The molecule has 1 rings (SSSR count). The van der Waals surface area contributed by atoms with E-state index >= 15 is 0 Å². The van der Waals surface area contributed by atoms with Crippen LogP contribution in [-0.4, -0.2) is 23.9 Å². The van der Waals surface area contributed by atoms with Gasteiger partial charge in [0.2, 0.25) is 0 Å². The Morgan fingerprint density at radius 3 is 2.50 bits per heavy atom. The average molecular weight is 242 g/mol. The molecule has 0 amide bonds. The van der Waals surface area contributed by atoms with Crippen LogP contribution in [0.5, 0.6) is 0 Å². The molecule has 0 saturated heterocycles. The van der Waals surface area contributed by atoms with Gasteiger partial charge in [0.15, 0.2) is 0 Å². The molecular formula is C11H12ClNO3. The van der Waals surface area contributed by atoms with Crippen LogP contribution >= 0.6 is 11.6 Å². The van der Waals surface area contributed by atoms with E-state index < -0.39 is 5.97 Å². The normalized spacial score (nSPS) is 11.2. The molecule has 0 aromatic heterocycles. The van der Waals surface area contributed by atoms with Crippen LogP contribution in [-0.2, 0) is 9.63 Å². The second kappa shape index (κ2) is 6.12. The lowest BCUT2D eigenvalue weighted by molar-refractivity contribution is -0.136. The lowest BCUT2D eigenvalue weighted by Crippen LogP contribution is -2.05. The Balaban J connectivity index is 2.81. The number of benzene rings is 1. The lowest BCUT2D eigenvalue weighted by Gasteiger charge is -2.04. The fourth-order valence-electron chi connectivity index (χ4n) is 1.22. The third kappa shape index (κ3) is 3.90. The van der Waals surface area contributed by atoms with E-state index in [0.717, 1.165) is 5.56 Å². The van der Waals surface area contributed by atoms with Crippen molar-refractivity contribution in [1.29, 1.82) is 0 Å². The Bertz CT molecular complexity index is 387. The number of rotatable bonds is 5. The Labute approximate surface area is 98.5 Å². The van der Waals surface area contributed by atoms with E-state index in [0.29, 0.717) is 17.2 Å². The van der Waals surface area contributed by atoms with Crippen molar-refractivity contribution < 1.29 is 14.7 Å². The van der Waals surface area contributed by atoms with Crippen LogP contribution in [0.3, 0.4) is 0 Å². The zero-order valence-corrected chi connectivity index (χ0v) is 9.57. The van der Waals surface area contributed by atoms with Crippen molar-refractivity contribution in [2.45, 2.75) is 12.8 Å². The van der Waals surface area contributed by atoms with Gasteiger partial charge in [-0.05, 0) is 17.7 Å². The highest BCUT2D eigenvalue weighted by atomic mass is 35.5. The van der Waals surface area contributed by atoms with Crippen molar-refractivity contribution in [3.05, 3.63) is 34.9 Å². The number of carboxylic acid groups (broad SMARTS) is 1. The summed E-state index contributed by atoms with van der Waals surface area (Å²) in [7, 11) is 1.43. The molecule has 0 radical (unpaired) electrons. The summed E-state index contributed by atoms with van der Waals surface area (Å²) in [5, 5.41) is 13.0. The van der Waals surface area contributed by atoms with Gasteiger partial charge >= 0.3 is 5.97 Å². The van der Waals surface area contributed by atoms with Crippen LogP contribution in [0.15, 0.2) is 29.4 Å². The lowest BCUT2D eigenvalue weighted by atomic mass is 10.1. The second-order valence-electron chi connectivity index (χ2n) is 3.12. The molecule has 4 nitrogen and oxygen atoms in total. The van der Waals surface area contributed by atoms with Gasteiger partial charge in [-0.25, -0.2) is 0 Å². The maximum atomic E-state index is 10.5. The molecule has 0 saturated carbocycles. The number of nitrogens with zero attached hydrogens (tertiary/aromatic N) is 1. The Morgan fingerprint density at radius 1 is 1.38 bits per heavy atom. The number of oxime groups is 1. The first-order valence-electron chi connectivity index (χ1n) is 4.71. The summed E-state index contributed by atoms with van der Waals surface area (Å²) < 4.78 is 0. The molecule has 0 heterocycles. The van der Waals surface area contributed by atoms with Gasteiger partial charge in [0.25, 0.3) is 0 Å². The summed E-state index contributed by atoms with van der Waals surface area (Å²) in [4.78, 5) is 15.2. The summed E-state index contributed by atoms with van der Waals surface area (Å²) in [6.07, 6.45) is 0.343.